The Kier molecular flexibility index (Phi) is 6.55. The topological polar surface area (TPSA) is 85.9 Å². The van der Waals surface area contributed by atoms with E-state index in [1.807, 2.05) is 18.2 Å². The molecule has 5 nitrogen and oxygen atoms in total. The molecule has 6 heteroatoms. The highest BCUT2D eigenvalue weighted by atomic mass is 19.1. The van der Waals surface area contributed by atoms with Gasteiger partial charge in [0.05, 0.1) is 11.6 Å². The number of nitriles is 2. The summed E-state index contributed by atoms with van der Waals surface area (Å²) in [6.45, 7) is 0.252. The van der Waals surface area contributed by atoms with Gasteiger partial charge in [0.15, 0.2) is 0 Å². The molecule has 0 aliphatic rings. The zero-order chi connectivity index (χ0) is 21.3. The molecule has 146 valence electrons. The smallest absolute Gasteiger partial charge is 0.266 e. The lowest BCUT2D eigenvalue weighted by Crippen LogP contribution is -2.13. The third-order valence-corrected chi connectivity index (χ3v) is 4.19. The number of carbonyl (C=O) groups is 1. The van der Waals surface area contributed by atoms with Gasteiger partial charge in [0.1, 0.15) is 29.8 Å². The van der Waals surface area contributed by atoms with Crippen LogP contribution in [0.4, 0.5) is 10.1 Å². The van der Waals surface area contributed by atoms with E-state index in [0.717, 1.165) is 5.56 Å². The highest BCUT2D eigenvalue weighted by Crippen LogP contribution is 2.18. The quantitative estimate of drug-likeness (QED) is 0.477. The molecule has 0 atom stereocenters. The maximum absolute atomic E-state index is 13.0. The molecule has 0 aromatic heterocycles. The van der Waals surface area contributed by atoms with Crippen LogP contribution in [0.5, 0.6) is 5.75 Å². The number of anilines is 1. The minimum atomic E-state index is -0.586. The van der Waals surface area contributed by atoms with E-state index in [4.69, 9.17) is 10.00 Å². The first kappa shape index (κ1) is 20.3. The predicted octanol–water partition coefficient (Wildman–Crippen LogP) is 4.82. The Balaban J connectivity index is 1.66. The highest BCUT2D eigenvalue weighted by Gasteiger charge is 2.10. The van der Waals surface area contributed by atoms with Gasteiger partial charge in [0, 0.05) is 11.3 Å². The summed E-state index contributed by atoms with van der Waals surface area (Å²) in [5.74, 6) is -0.408. The molecule has 0 unspecified atom stereocenters. The fourth-order valence-corrected chi connectivity index (χ4v) is 2.62. The summed E-state index contributed by atoms with van der Waals surface area (Å²) in [7, 11) is 0. The summed E-state index contributed by atoms with van der Waals surface area (Å²) in [5, 5.41) is 21.0. The van der Waals surface area contributed by atoms with Gasteiger partial charge in [-0.1, -0.05) is 30.3 Å². The summed E-state index contributed by atoms with van der Waals surface area (Å²) < 4.78 is 18.7. The van der Waals surface area contributed by atoms with Gasteiger partial charge in [-0.25, -0.2) is 4.39 Å². The number of benzene rings is 3. The molecule has 0 saturated carbocycles. The van der Waals surface area contributed by atoms with E-state index >= 15 is 0 Å². The van der Waals surface area contributed by atoms with E-state index in [1.165, 1.54) is 30.3 Å². The maximum atomic E-state index is 13.0. The zero-order valence-corrected chi connectivity index (χ0v) is 15.8. The van der Waals surface area contributed by atoms with Gasteiger partial charge in [-0.3, -0.25) is 4.79 Å². The molecule has 3 aromatic carbocycles. The molecule has 0 spiro atoms. The number of ether oxygens (including phenoxy) is 1. The molecule has 3 rings (SSSR count). The van der Waals surface area contributed by atoms with Gasteiger partial charge in [-0.2, -0.15) is 10.5 Å². The lowest BCUT2D eigenvalue weighted by molar-refractivity contribution is -0.112. The van der Waals surface area contributed by atoms with E-state index in [0.29, 0.717) is 22.6 Å². The fourth-order valence-electron chi connectivity index (χ4n) is 2.62. The van der Waals surface area contributed by atoms with E-state index < -0.39 is 11.7 Å². The Bertz CT molecular complexity index is 1150. The van der Waals surface area contributed by atoms with Gasteiger partial charge in [0.2, 0.25) is 0 Å². The van der Waals surface area contributed by atoms with Crippen molar-refractivity contribution < 1.29 is 13.9 Å². The van der Waals surface area contributed by atoms with Crippen LogP contribution in [0.15, 0.2) is 78.4 Å². The van der Waals surface area contributed by atoms with Crippen molar-refractivity contribution in [2.75, 3.05) is 5.32 Å². The molecule has 1 amide bonds. The minimum Gasteiger partial charge on any atom is -0.489 e. The molecular formula is C24H16FN3O2. The average Bonchev–Trinajstić information content (AvgIpc) is 2.78. The highest BCUT2D eigenvalue weighted by molar-refractivity contribution is 6.09. The number of nitrogens with one attached hydrogen (secondary N) is 1. The van der Waals surface area contributed by atoms with Crippen LogP contribution in [-0.4, -0.2) is 5.91 Å². The number of halogens is 1. The van der Waals surface area contributed by atoms with Crippen LogP contribution in [0.1, 0.15) is 16.7 Å². The second kappa shape index (κ2) is 9.68. The molecule has 0 aliphatic heterocycles. The summed E-state index contributed by atoms with van der Waals surface area (Å²) >= 11 is 0. The Hall–Kier alpha value is -4.42. The largest absolute Gasteiger partial charge is 0.489 e. The molecule has 30 heavy (non-hydrogen) atoms. The normalized spacial score (nSPS) is 10.6. The first-order valence-electron chi connectivity index (χ1n) is 8.98. The number of carbonyl (C=O) groups excluding carboxylic acids is 1. The number of hydrogen-bond acceptors (Lipinski definition) is 4. The fraction of sp³-hybridized carbons (Fsp3) is 0.0417. The van der Waals surface area contributed by atoms with Crippen LogP contribution >= 0.6 is 0 Å². The molecular weight excluding hydrogens is 381 g/mol. The number of hydrogen-bond donors (Lipinski definition) is 1. The number of amides is 1. The molecule has 0 aliphatic carbocycles. The maximum Gasteiger partial charge on any atom is 0.266 e. The molecule has 0 fully saturated rings. The van der Waals surface area contributed by atoms with Crippen molar-refractivity contribution in [1.29, 1.82) is 10.5 Å². The molecule has 0 bridgehead atoms. The molecule has 0 saturated heterocycles. The molecule has 3 aromatic rings. The van der Waals surface area contributed by atoms with E-state index in [9.17, 15) is 14.4 Å². The van der Waals surface area contributed by atoms with E-state index in [-0.39, 0.29) is 12.2 Å². The van der Waals surface area contributed by atoms with Crippen LogP contribution in [0, 0.1) is 28.5 Å². The first-order valence-corrected chi connectivity index (χ1v) is 8.98. The lowest BCUT2D eigenvalue weighted by Gasteiger charge is -2.08. The van der Waals surface area contributed by atoms with E-state index in [2.05, 4.69) is 11.4 Å². The molecule has 0 radical (unpaired) electrons. The van der Waals surface area contributed by atoms with Gasteiger partial charge < -0.3 is 10.1 Å². The van der Waals surface area contributed by atoms with Crippen molar-refractivity contribution in [3.05, 3.63) is 101 Å². The number of nitrogens with zero attached hydrogens (tertiary/aromatic N) is 2. The molecule has 0 heterocycles. The number of rotatable bonds is 6. The Morgan fingerprint density at radius 1 is 1.00 bits per heavy atom. The first-order chi connectivity index (χ1) is 14.6. The van der Waals surface area contributed by atoms with Gasteiger partial charge >= 0.3 is 0 Å². The summed E-state index contributed by atoms with van der Waals surface area (Å²) in [6, 6.07) is 23.3. The van der Waals surface area contributed by atoms with Crippen LogP contribution < -0.4 is 10.1 Å². The standard InChI is InChI=1S/C24H16FN3O2/c25-21-7-9-22(10-8-21)28-24(29)20(15-27)13-17-5-11-23(12-6-17)30-16-19-4-2-1-3-18(19)14-26/h1-13H,16H2,(H,28,29)/b20-13+. The summed E-state index contributed by atoms with van der Waals surface area (Å²) in [6.07, 6.45) is 1.45. The zero-order valence-electron chi connectivity index (χ0n) is 15.8. The predicted molar refractivity (Wildman–Crippen MR) is 111 cm³/mol. The SMILES string of the molecule is N#C/C(=C\c1ccc(OCc2ccccc2C#N)cc1)C(=O)Nc1ccc(F)cc1. The van der Waals surface area contributed by atoms with Crippen LogP contribution in [0.3, 0.4) is 0 Å². The van der Waals surface area contributed by atoms with Crippen molar-refractivity contribution in [2.24, 2.45) is 0 Å². The lowest BCUT2D eigenvalue weighted by atomic mass is 10.1. The summed E-state index contributed by atoms with van der Waals surface area (Å²) in [4.78, 5) is 12.3. The van der Waals surface area contributed by atoms with Gasteiger partial charge in [0.25, 0.3) is 5.91 Å². The van der Waals surface area contributed by atoms with Crippen LogP contribution in [0.2, 0.25) is 0 Å². The Labute approximate surface area is 173 Å². The minimum absolute atomic E-state index is 0.0871. The average molecular weight is 397 g/mol. The van der Waals surface area contributed by atoms with Crippen molar-refractivity contribution in [3.63, 3.8) is 0 Å². The van der Waals surface area contributed by atoms with Crippen molar-refractivity contribution >= 4 is 17.7 Å². The monoisotopic (exact) mass is 397 g/mol. The Morgan fingerprint density at radius 2 is 1.70 bits per heavy atom. The van der Waals surface area contributed by atoms with Crippen molar-refractivity contribution in [1.82, 2.24) is 0 Å². The molecule has 1 N–H and O–H groups in total. The third-order valence-electron chi connectivity index (χ3n) is 4.19. The van der Waals surface area contributed by atoms with Crippen molar-refractivity contribution in [2.45, 2.75) is 6.61 Å². The van der Waals surface area contributed by atoms with E-state index in [1.54, 1.807) is 36.4 Å². The second-order valence-electron chi connectivity index (χ2n) is 6.26. The van der Waals surface area contributed by atoms with Gasteiger partial charge in [-0.15, -0.1) is 0 Å². The summed E-state index contributed by atoms with van der Waals surface area (Å²) in [5.41, 5.74) is 2.29. The Morgan fingerprint density at radius 3 is 2.37 bits per heavy atom. The van der Waals surface area contributed by atoms with Gasteiger partial charge in [-0.05, 0) is 54.1 Å². The van der Waals surface area contributed by atoms with Crippen molar-refractivity contribution in [3.8, 4) is 17.9 Å². The third kappa shape index (κ3) is 5.31. The second-order valence-corrected chi connectivity index (χ2v) is 6.26. The van der Waals surface area contributed by atoms with Crippen LogP contribution in [0.25, 0.3) is 6.08 Å². The van der Waals surface area contributed by atoms with Crippen LogP contribution in [-0.2, 0) is 11.4 Å².